The fourth-order valence-corrected chi connectivity index (χ4v) is 3.54. The van der Waals surface area contributed by atoms with Gasteiger partial charge in [0, 0.05) is 24.7 Å². The van der Waals surface area contributed by atoms with Crippen LogP contribution in [-0.2, 0) is 19.4 Å². The van der Waals surface area contributed by atoms with E-state index in [1.807, 2.05) is 0 Å². The Morgan fingerprint density at radius 1 is 0.880 bits per heavy atom. The molecule has 0 fully saturated rings. The number of aryl methyl sites for hydroxylation is 3. The van der Waals surface area contributed by atoms with Gasteiger partial charge in [0.2, 0.25) is 0 Å². The predicted molar refractivity (Wildman–Crippen MR) is 107 cm³/mol. The summed E-state index contributed by atoms with van der Waals surface area (Å²) < 4.78 is 2.32. The monoisotopic (exact) mass is 352 g/mol. The number of halogens is 1. The fourth-order valence-electron chi connectivity index (χ4n) is 3.54. The third-order valence-corrected chi connectivity index (χ3v) is 4.92. The van der Waals surface area contributed by atoms with Crippen LogP contribution in [0, 0.1) is 0 Å². The van der Waals surface area contributed by atoms with Crippen molar-refractivity contribution in [1.29, 1.82) is 0 Å². The van der Waals surface area contributed by atoms with Crippen LogP contribution in [0.2, 0.25) is 0 Å². The van der Waals surface area contributed by atoms with Crippen molar-refractivity contribution < 1.29 is 0 Å². The zero-order valence-electron chi connectivity index (χ0n) is 14.7. The van der Waals surface area contributed by atoms with Crippen LogP contribution in [0.5, 0.6) is 0 Å². The summed E-state index contributed by atoms with van der Waals surface area (Å²) in [6.45, 7) is 3.34. The highest BCUT2D eigenvalue weighted by Gasteiger charge is 2.13. The van der Waals surface area contributed by atoms with E-state index in [0.29, 0.717) is 0 Å². The summed E-state index contributed by atoms with van der Waals surface area (Å²) in [5, 5.41) is 0. The van der Waals surface area contributed by atoms with Gasteiger partial charge >= 0.3 is 0 Å². The van der Waals surface area contributed by atoms with Crippen LogP contribution >= 0.6 is 12.4 Å². The number of hydrogen-bond donors (Lipinski definition) is 0. The standard InChI is InChI=1S/C22H24N2.ClH/c1-2-5-17-7-9-18(10-8-17)19-11-13-20(14-12-19)21-16-24-15-4-3-6-22(24)23-21;/h7-14,16H,2-6,15H2,1H3;1H. The molecule has 0 aliphatic carbocycles. The van der Waals surface area contributed by atoms with Gasteiger partial charge in [0.05, 0.1) is 5.69 Å². The van der Waals surface area contributed by atoms with E-state index >= 15 is 0 Å². The first-order valence-electron chi connectivity index (χ1n) is 9.09. The maximum atomic E-state index is 4.82. The molecular formula is C22H25ClN2. The maximum absolute atomic E-state index is 4.82. The van der Waals surface area contributed by atoms with E-state index in [0.717, 1.165) is 25.1 Å². The molecule has 2 aromatic carbocycles. The highest BCUT2D eigenvalue weighted by atomic mass is 35.5. The Balaban J connectivity index is 0.00000182. The van der Waals surface area contributed by atoms with Gasteiger partial charge in [-0.15, -0.1) is 12.4 Å². The van der Waals surface area contributed by atoms with Gasteiger partial charge in [-0.1, -0.05) is 61.9 Å². The smallest absolute Gasteiger partial charge is 0.109 e. The first kappa shape index (κ1) is 17.8. The van der Waals surface area contributed by atoms with Crippen molar-refractivity contribution in [2.75, 3.05) is 0 Å². The number of rotatable bonds is 4. The summed E-state index contributed by atoms with van der Waals surface area (Å²) in [5.74, 6) is 1.24. The van der Waals surface area contributed by atoms with Crippen LogP contribution in [0.4, 0.5) is 0 Å². The van der Waals surface area contributed by atoms with Crippen molar-refractivity contribution in [2.45, 2.75) is 45.6 Å². The van der Waals surface area contributed by atoms with Gasteiger partial charge in [0.1, 0.15) is 5.82 Å². The van der Waals surface area contributed by atoms with Crippen molar-refractivity contribution in [3.05, 3.63) is 66.1 Å². The second-order valence-electron chi connectivity index (χ2n) is 6.72. The molecular weight excluding hydrogens is 328 g/mol. The van der Waals surface area contributed by atoms with Crippen LogP contribution in [0.15, 0.2) is 54.7 Å². The average Bonchev–Trinajstić information content (AvgIpc) is 3.07. The lowest BCUT2D eigenvalue weighted by Gasteiger charge is -2.11. The molecule has 0 N–H and O–H groups in total. The van der Waals surface area contributed by atoms with Crippen LogP contribution in [0.25, 0.3) is 22.4 Å². The molecule has 130 valence electrons. The molecule has 25 heavy (non-hydrogen) atoms. The lowest BCUT2D eigenvalue weighted by molar-refractivity contribution is 0.522. The lowest BCUT2D eigenvalue weighted by Crippen LogP contribution is -2.08. The first-order chi connectivity index (χ1) is 11.8. The Hall–Kier alpha value is -2.06. The number of fused-ring (bicyclic) bond motifs is 1. The van der Waals surface area contributed by atoms with Gasteiger partial charge in [-0.25, -0.2) is 4.98 Å². The maximum Gasteiger partial charge on any atom is 0.109 e. The highest BCUT2D eigenvalue weighted by molar-refractivity contribution is 5.85. The number of nitrogens with zero attached hydrogens (tertiary/aromatic N) is 2. The third-order valence-electron chi connectivity index (χ3n) is 4.92. The fraction of sp³-hybridized carbons (Fsp3) is 0.318. The van der Waals surface area contributed by atoms with Crippen LogP contribution in [0.3, 0.4) is 0 Å². The molecule has 3 heteroatoms. The molecule has 0 atom stereocenters. The minimum Gasteiger partial charge on any atom is -0.334 e. The zero-order chi connectivity index (χ0) is 16.4. The van der Waals surface area contributed by atoms with E-state index in [2.05, 4.69) is 66.2 Å². The number of hydrogen-bond acceptors (Lipinski definition) is 1. The van der Waals surface area contributed by atoms with Gasteiger partial charge in [0.25, 0.3) is 0 Å². The summed E-state index contributed by atoms with van der Waals surface area (Å²) in [6, 6.07) is 17.8. The van der Waals surface area contributed by atoms with Crippen molar-refractivity contribution in [2.24, 2.45) is 0 Å². The van der Waals surface area contributed by atoms with E-state index < -0.39 is 0 Å². The van der Waals surface area contributed by atoms with Crippen molar-refractivity contribution in [3.8, 4) is 22.4 Å². The van der Waals surface area contributed by atoms with Gasteiger partial charge < -0.3 is 4.57 Å². The van der Waals surface area contributed by atoms with Gasteiger partial charge in [0.15, 0.2) is 0 Å². The minimum atomic E-state index is 0. The molecule has 0 amide bonds. The molecule has 2 heterocycles. The Kier molecular flexibility index (Phi) is 5.60. The molecule has 1 aliphatic rings. The molecule has 0 saturated carbocycles. The first-order valence-corrected chi connectivity index (χ1v) is 9.09. The molecule has 1 aromatic heterocycles. The quantitative estimate of drug-likeness (QED) is 0.569. The van der Waals surface area contributed by atoms with Gasteiger partial charge in [-0.2, -0.15) is 0 Å². The van der Waals surface area contributed by atoms with Gasteiger partial charge in [-0.05, 0) is 36.0 Å². The largest absolute Gasteiger partial charge is 0.334 e. The second-order valence-corrected chi connectivity index (χ2v) is 6.72. The van der Waals surface area contributed by atoms with E-state index in [4.69, 9.17) is 4.98 Å². The van der Waals surface area contributed by atoms with E-state index in [1.54, 1.807) is 0 Å². The van der Waals surface area contributed by atoms with Crippen LogP contribution < -0.4 is 0 Å². The Labute approximate surface area is 156 Å². The molecule has 4 rings (SSSR count). The lowest BCUT2D eigenvalue weighted by atomic mass is 10.0. The number of benzene rings is 2. The summed E-state index contributed by atoms with van der Waals surface area (Å²) in [7, 11) is 0. The average molecular weight is 353 g/mol. The SMILES string of the molecule is CCCc1ccc(-c2ccc(-c3cn4c(n3)CCCC4)cc2)cc1.Cl. The molecule has 0 unspecified atom stereocenters. The topological polar surface area (TPSA) is 17.8 Å². The van der Waals surface area contributed by atoms with Crippen molar-refractivity contribution in [3.63, 3.8) is 0 Å². The van der Waals surface area contributed by atoms with E-state index in [1.165, 1.54) is 47.3 Å². The van der Waals surface area contributed by atoms with Gasteiger partial charge in [-0.3, -0.25) is 0 Å². The summed E-state index contributed by atoms with van der Waals surface area (Å²) in [4.78, 5) is 4.82. The normalized spacial score (nSPS) is 13.2. The Morgan fingerprint density at radius 3 is 2.16 bits per heavy atom. The van der Waals surface area contributed by atoms with Crippen molar-refractivity contribution in [1.82, 2.24) is 9.55 Å². The number of imidazole rings is 1. The molecule has 1 aliphatic heterocycles. The van der Waals surface area contributed by atoms with Crippen LogP contribution in [0.1, 0.15) is 37.6 Å². The van der Waals surface area contributed by atoms with E-state index in [9.17, 15) is 0 Å². The van der Waals surface area contributed by atoms with Crippen LogP contribution in [-0.4, -0.2) is 9.55 Å². The molecule has 3 aromatic rings. The Bertz CT molecular complexity index is 793. The molecule has 2 nitrogen and oxygen atoms in total. The predicted octanol–water partition coefficient (Wildman–Crippen LogP) is 5.93. The zero-order valence-corrected chi connectivity index (χ0v) is 15.6. The molecule has 0 saturated heterocycles. The summed E-state index contributed by atoms with van der Waals surface area (Å²) in [6.07, 6.45) is 8.22. The van der Waals surface area contributed by atoms with Crippen molar-refractivity contribution >= 4 is 12.4 Å². The highest BCUT2D eigenvalue weighted by Crippen LogP contribution is 2.26. The minimum absolute atomic E-state index is 0. The second kappa shape index (κ2) is 7.88. The summed E-state index contributed by atoms with van der Waals surface area (Å²) in [5.41, 5.74) is 6.29. The molecule has 0 spiro atoms. The Morgan fingerprint density at radius 2 is 1.52 bits per heavy atom. The van der Waals surface area contributed by atoms with E-state index in [-0.39, 0.29) is 12.4 Å². The third kappa shape index (κ3) is 3.80. The molecule has 0 radical (unpaired) electrons. The number of aromatic nitrogens is 2. The summed E-state index contributed by atoms with van der Waals surface area (Å²) >= 11 is 0. The molecule has 0 bridgehead atoms.